The molecule has 3 heteroatoms. The SMILES string of the molecule is CCNC(C)CCc1ccc(OCCCC#N)cc1. The van der Waals surface area contributed by atoms with E-state index in [2.05, 4.69) is 37.4 Å². The summed E-state index contributed by atoms with van der Waals surface area (Å²) in [5.41, 5.74) is 1.34. The van der Waals surface area contributed by atoms with Gasteiger partial charge in [-0.2, -0.15) is 5.26 Å². The van der Waals surface area contributed by atoms with Gasteiger partial charge in [-0.05, 0) is 50.4 Å². The predicted molar refractivity (Wildman–Crippen MR) is 78.2 cm³/mol. The molecule has 1 unspecified atom stereocenters. The molecular formula is C16H24N2O. The molecule has 0 aliphatic rings. The smallest absolute Gasteiger partial charge is 0.119 e. The summed E-state index contributed by atoms with van der Waals surface area (Å²) in [7, 11) is 0. The molecule has 0 aromatic heterocycles. The lowest BCUT2D eigenvalue weighted by molar-refractivity contribution is 0.312. The lowest BCUT2D eigenvalue weighted by atomic mass is 10.1. The van der Waals surface area contributed by atoms with Gasteiger partial charge in [-0.15, -0.1) is 0 Å². The third-order valence-corrected chi connectivity index (χ3v) is 3.04. The Labute approximate surface area is 116 Å². The molecule has 0 aliphatic heterocycles. The van der Waals surface area contributed by atoms with Crippen molar-refractivity contribution in [3.05, 3.63) is 29.8 Å². The fourth-order valence-electron chi connectivity index (χ4n) is 1.93. The van der Waals surface area contributed by atoms with Crippen LogP contribution in [0.2, 0.25) is 0 Å². The van der Waals surface area contributed by atoms with Gasteiger partial charge >= 0.3 is 0 Å². The second-order valence-electron chi connectivity index (χ2n) is 4.75. The van der Waals surface area contributed by atoms with Crippen LogP contribution in [0, 0.1) is 11.3 Å². The van der Waals surface area contributed by atoms with Crippen molar-refractivity contribution in [2.75, 3.05) is 13.2 Å². The molecule has 0 amide bonds. The number of benzene rings is 1. The molecule has 104 valence electrons. The molecule has 0 bridgehead atoms. The van der Waals surface area contributed by atoms with Crippen molar-refractivity contribution in [2.45, 2.75) is 45.6 Å². The molecule has 1 aromatic rings. The number of hydrogen-bond donors (Lipinski definition) is 1. The van der Waals surface area contributed by atoms with Crippen LogP contribution < -0.4 is 10.1 Å². The van der Waals surface area contributed by atoms with Crippen molar-refractivity contribution in [1.82, 2.24) is 5.32 Å². The van der Waals surface area contributed by atoms with Crippen molar-refractivity contribution in [3.8, 4) is 11.8 Å². The number of rotatable bonds is 9. The summed E-state index contributed by atoms with van der Waals surface area (Å²) >= 11 is 0. The first-order chi connectivity index (χ1) is 9.26. The highest BCUT2D eigenvalue weighted by Crippen LogP contribution is 2.14. The molecule has 0 radical (unpaired) electrons. The van der Waals surface area contributed by atoms with Gasteiger partial charge in [0, 0.05) is 12.5 Å². The molecule has 1 atom stereocenters. The Bertz CT molecular complexity index is 381. The van der Waals surface area contributed by atoms with Gasteiger partial charge in [-0.1, -0.05) is 19.1 Å². The van der Waals surface area contributed by atoms with E-state index in [1.807, 2.05) is 12.1 Å². The molecule has 0 fully saturated rings. The van der Waals surface area contributed by atoms with Crippen LogP contribution in [-0.2, 0) is 6.42 Å². The van der Waals surface area contributed by atoms with Crippen molar-refractivity contribution in [3.63, 3.8) is 0 Å². The Hall–Kier alpha value is -1.53. The van der Waals surface area contributed by atoms with Gasteiger partial charge in [-0.25, -0.2) is 0 Å². The van der Waals surface area contributed by atoms with Crippen molar-refractivity contribution in [2.24, 2.45) is 0 Å². The molecule has 0 spiro atoms. The van der Waals surface area contributed by atoms with Gasteiger partial charge in [0.1, 0.15) is 5.75 Å². The molecular weight excluding hydrogens is 236 g/mol. The summed E-state index contributed by atoms with van der Waals surface area (Å²) in [6.07, 6.45) is 3.58. The van der Waals surface area contributed by atoms with E-state index in [0.717, 1.165) is 31.6 Å². The highest BCUT2D eigenvalue weighted by atomic mass is 16.5. The quantitative estimate of drug-likeness (QED) is 0.693. The standard InChI is InChI=1S/C16H24N2O/c1-3-18-14(2)6-7-15-8-10-16(11-9-15)19-13-5-4-12-17/h8-11,14,18H,3-7,13H2,1-2H3. The summed E-state index contributed by atoms with van der Waals surface area (Å²) in [4.78, 5) is 0. The molecule has 19 heavy (non-hydrogen) atoms. The minimum absolute atomic E-state index is 0.556. The number of aryl methyl sites for hydroxylation is 1. The first-order valence-electron chi connectivity index (χ1n) is 7.08. The van der Waals surface area contributed by atoms with E-state index < -0.39 is 0 Å². The maximum Gasteiger partial charge on any atom is 0.119 e. The fourth-order valence-corrected chi connectivity index (χ4v) is 1.93. The van der Waals surface area contributed by atoms with Gasteiger partial charge in [-0.3, -0.25) is 0 Å². The van der Waals surface area contributed by atoms with Gasteiger partial charge in [0.2, 0.25) is 0 Å². The van der Waals surface area contributed by atoms with Crippen LogP contribution in [-0.4, -0.2) is 19.2 Å². The Morgan fingerprint density at radius 2 is 2.05 bits per heavy atom. The first kappa shape index (κ1) is 15.5. The van der Waals surface area contributed by atoms with E-state index in [-0.39, 0.29) is 0 Å². The van der Waals surface area contributed by atoms with Crippen molar-refractivity contribution < 1.29 is 4.74 Å². The van der Waals surface area contributed by atoms with Gasteiger partial charge in [0.25, 0.3) is 0 Å². The van der Waals surface area contributed by atoms with Gasteiger partial charge < -0.3 is 10.1 Å². The van der Waals surface area contributed by atoms with Crippen LogP contribution in [0.25, 0.3) is 0 Å². The molecule has 1 aromatic carbocycles. The largest absolute Gasteiger partial charge is 0.494 e. The van der Waals surface area contributed by atoms with E-state index in [1.54, 1.807) is 0 Å². The highest BCUT2D eigenvalue weighted by Gasteiger charge is 2.01. The zero-order valence-corrected chi connectivity index (χ0v) is 12.0. The highest BCUT2D eigenvalue weighted by molar-refractivity contribution is 5.27. The van der Waals surface area contributed by atoms with Crippen molar-refractivity contribution in [1.29, 1.82) is 5.26 Å². The zero-order valence-electron chi connectivity index (χ0n) is 12.0. The topological polar surface area (TPSA) is 45.0 Å². The first-order valence-corrected chi connectivity index (χ1v) is 7.08. The van der Waals surface area contributed by atoms with Crippen LogP contribution in [0.5, 0.6) is 5.75 Å². The normalized spacial score (nSPS) is 11.8. The Kier molecular flexibility index (Phi) is 7.69. The number of nitrogens with one attached hydrogen (secondary N) is 1. The van der Waals surface area contributed by atoms with Crippen LogP contribution in [0.4, 0.5) is 0 Å². The molecule has 0 saturated heterocycles. The summed E-state index contributed by atoms with van der Waals surface area (Å²) in [6.45, 7) is 5.99. The van der Waals surface area contributed by atoms with E-state index in [1.165, 1.54) is 5.56 Å². The predicted octanol–water partition coefficient (Wildman–Crippen LogP) is 3.30. The molecule has 3 nitrogen and oxygen atoms in total. The zero-order chi connectivity index (χ0) is 13.9. The van der Waals surface area contributed by atoms with E-state index in [4.69, 9.17) is 10.00 Å². The number of hydrogen-bond acceptors (Lipinski definition) is 3. The summed E-state index contributed by atoms with van der Waals surface area (Å²) in [5, 5.41) is 11.8. The molecule has 1 rings (SSSR count). The number of ether oxygens (including phenoxy) is 1. The number of unbranched alkanes of at least 4 members (excludes halogenated alkanes) is 1. The number of nitrogens with zero attached hydrogens (tertiary/aromatic N) is 1. The van der Waals surface area contributed by atoms with E-state index >= 15 is 0 Å². The number of nitriles is 1. The third-order valence-electron chi connectivity index (χ3n) is 3.04. The Morgan fingerprint density at radius 3 is 2.68 bits per heavy atom. The fraction of sp³-hybridized carbons (Fsp3) is 0.562. The average Bonchev–Trinajstić information content (AvgIpc) is 2.43. The van der Waals surface area contributed by atoms with Gasteiger partial charge in [0.05, 0.1) is 12.7 Å². The van der Waals surface area contributed by atoms with Crippen LogP contribution in [0.3, 0.4) is 0 Å². The third kappa shape index (κ3) is 6.83. The second kappa shape index (κ2) is 9.41. The summed E-state index contributed by atoms with van der Waals surface area (Å²) in [5.74, 6) is 0.890. The summed E-state index contributed by atoms with van der Waals surface area (Å²) in [6, 6.07) is 11.0. The Balaban J connectivity index is 2.29. The van der Waals surface area contributed by atoms with E-state index in [0.29, 0.717) is 19.1 Å². The molecule has 0 heterocycles. The summed E-state index contributed by atoms with van der Waals surface area (Å²) < 4.78 is 5.56. The maximum atomic E-state index is 8.43. The monoisotopic (exact) mass is 260 g/mol. The minimum atomic E-state index is 0.556. The average molecular weight is 260 g/mol. The molecule has 1 N–H and O–H groups in total. The lowest BCUT2D eigenvalue weighted by Crippen LogP contribution is -2.25. The Morgan fingerprint density at radius 1 is 1.32 bits per heavy atom. The lowest BCUT2D eigenvalue weighted by Gasteiger charge is -2.12. The minimum Gasteiger partial charge on any atom is -0.494 e. The second-order valence-corrected chi connectivity index (χ2v) is 4.75. The van der Waals surface area contributed by atoms with Crippen LogP contribution >= 0.6 is 0 Å². The molecule has 0 aliphatic carbocycles. The van der Waals surface area contributed by atoms with Crippen LogP contribution in [0.15, 0.2) is 24.3 Å². The van der Waals surface area contributed by atoms with Crippen molar-refractivity contribution >= 4 is 0 Å². The molecule has 0 saturated carbocycles. The maximum absolute atomic E-state index is 8.43. The van der Waals surface area contributed by atoms with E-state index in [9.17, 15) is 0 Å². The van der Waals surface area contributed by atoms with Crippen LogP contribution in [0.1, 0.15) is 38.7 Å². The van der Waals surface area contributed by atoms with Gasteiger partial charge in [0.15, 0.2) is 0 Å².